The molecule has 0 unspecified atom stereocenters. The molecule has 0 aliphatic heterocycles. The Kier molecular flexibility index (Phi) is 10.2. The van der Waals surface area contributed by atoms with Gasteiger partial charge in [0.1, 0.15) is 5.75 Å². The summed E-state index contributed by atoms with van der Waals surface area (Å²) < 4.78 is 5.37. The molecule has 5 heteroatoms. The number of hydrogen-bond acceptors (Lipinski definition) is 2. The molecule has 20 heavy (non-hydrogen) atoms. The lowest BCUT2D eigenvalue weighted by atomic mass is 10.2. The first kappa shape index (κ1) is 19.0. The van der Waals surface area contributed by atoms with E-state index in [1.807, 2.05) is 32.3 Å². The smallest absolute Gasteiger partial charge is 0.193 e. The topological polar surface area (TPSA) is 36.9 Å². The Balaban J connectivity index is 0.00000361. The van der Waals surface area contributed by atoms with E-state index >= 15 is 0 Å². The van der Waals surface area contributed by atoms with Crippen LogP contribution in [0.5, 0.6) is 5.75 Å². The number of unbranched alkanes of at least 4 members (excludes halogenated alkanes) is 1. The van der Waals surface area contributed by atoms with Gasteiger partial charge in [0.05, 0.1) is 7.11 Å². The maximum Gasteiger partial charge on any atom is 0.193 e. The Morgan fingerprint density at radius 3 is 2.65 bits per heavy atom. The van der Waals surface area contributed by atoms with Crippen molar-refractivity contribution in [3.05, 3.63) is 29.8 Å². The Morgan fingerprint density at radius 2 is 2.05 bits per heavy atom. The quantitative estimate of drug-likeness (QED) is 0.351. The highest BCUT2D eigenvalue weighted by atomic mass is 127. The fraction of sp³-hybridized carbons (Fsp3) is 0.533. The van der Waals surface area contributed by atoms with Crippen molar-refractivity contribution in [3.8, 4) is 5.75 Å². The number of para-hydroxylation sites is 1. The maximum absolute atomic E-state index is 5.37. The van der Waals surface area contributed by atoms with Gasteiger partial charge >= 0.3 is 0 Å². The normalized spacial score (nSPS) is 10.7. The molecule has 0 fully saturated rings. The fourth-order valence-corrected chi connectivity index (χ4v) is 1.93. The number of rotatable bonds is 6. The number of guanidine groups is 1. The van der Waals surface area contributed by atoms with Crippen LogP contribution in [0.15, 0.2) is 29.3 Å². The average Bonchev–Trinajstić information content (AvgIpc) is 2.44. The van der Waals surface area contributed by atoms with E-state index in [2.05, 4.69) is 28.2 Å². The number of nitrogens with one attached hydrogen (secondary N) is 1. The molecule has 1 aromatic rings. The minimum Gasteiger partial charge on any atom is -0.496 e. The SMILES string of the molecule is CCCCNC(=NC)N(C)Cc1ccccc1OC.I. The second-order valence-corrected chi connectivity index (χ2v) is 4.50. The van der Waals surface area contributed by atoms with Crippen LogP contribution in [0.25, 0.3) is 0 Å². The summed E-state index contributed by atoms with van der Waals surface area (Å²) in [4.78, 5) is 6.41. The van der Waals surface area contributed by atoms with Gasteiger partial charge in [0.25, 0.3) is 0 Å². The van der Waals surface area contributed by atoms with Gasteiger partial charge in [0.2, 0.25) is 0 Å². The van der Waals surface area contributed by atoms with Crippen LogP contribution in [0.1, 0.15) is 25.3 Å². The van der Waals surface area contributed by atoms with Gasteiger partial charge in [0, 0.05) is 32.7 Å². The van der Waals surface area contributed by atoms with Crippen molar-refractivity contribution < 1.29 is 4.74 Å². The Bertz CT molecular complexity index is 410. The first-order valence-corrected chi connectivity index (χ1v) is 6.76. The summed E-state index contributed by atoms with van der Waals surface area (Å²) in [6.07, 6.45) is 2.34. The Morgan fingerprint density at radius 1 is 1.35 bits per heavy atom. The second kappa shape index (κ2) is 10.8. The number of ether oxygens (including phenoxy) is 1. The molecule has 1 rings (SSSR count). The molecule has 0 aliphatic rings. The van der Waals surface area contributed by atoms with Gasteiger partial charge < -0.3 is 15.0 Å². The lowest BCUT2D eigenvalue weighted by molar-refractivity contribution is 0.396. The van der Waals surface area contributed by atoms with Gasteiger partial charge in [-0.25, -0.2) is 0 Å². The summed E-state index contributed by atoms with van der Waals surface area (Å²) in [5, 5.41) is 3.36. The summed E-state index contributed by atoms with van der Waals surface area (Å²) in [6.45, 7) is 3.91. The van der Waals surface area contributed by atoms with E-state index in [4.69, 9.17) is 4.74 Å². The molecule has 0 amide bonds. The Hall–Kier alpha value is -0.980. The minimum absolute atomic E-state index is 0. The van der Waals surface area contributed by atoms with Crippen molar-refractivity contribution in [2.75, 3.05) is 27.7 Å². The fourth-order valence-electron chi connectivity index (χ4n) is 1.93. The first-order chi connectivity index (χ1) is 9.22. The predicted octanol–water partition coefficient (Wildman–Crippen LogP) is 3.12. The molecule has 0 saturated heterocycles. The van der Waals surface area contributed by atoms with Crippen LogP contribution in [-0.2, 0) is 6.54 Å². The van der Waals surface area contributed by atoms with Gasteiger partial charge in [0.15, 0.2) is 5.96 Å². The molecule has 0 aromatic heterocycles. The molecule has 0 heterocycles. The molecular formula is C15H26IN3O. The third kappa shape index (κ3) is 5.98. The molecule has 0 radical (unpaired) electrons. The van der Waals surface area contributed by atoms with Gasteiger partial charge in [-0.1, -0.05) is 31.5 Å². The zero-order valence-electron chi connectivity index (χ0n) is 12.8. The number of benzene rings is 1. The van der Waals surface area contributed by atoms with Crippen molar-refractivity contribution in [2.24, 2.45) is 4.99 Å². The zero-order chi connectivity index (χ0) is 14.1. The molecular weight excluding hydrogens is 365 g/mol. The summed E-state index contributed by atoms with van der Waals surface area (Å²) in [7, 11) is 5.55. The molecule has 0 bridgehead atoms. The van der Waals surface area contributed by atoms with Crippen molar-refractivity contribution in [2.45, 2.75) is 26.3 Å². The Labute approximate surface area is 139 Å². The highest BCUT2D eigenvalue weighted by molar-refractivity contribution is 14.0. The zero-order valence-corrected chi connectivity index (χ0v) is 15.2. The van der Waals surface area contributed by atoms with Gasteiger partial charge in [-0.15, -0.1) is 24.0 Å². The lowest BCUT2D eigenvalue weighted by Gasteiger charge is -2.23. The largest absolute Gasteiger partial charge is 0.496 e. The predicted molar refractivity (Wildman–Crippen MR) is 96.1 cm³/mol. The number of halogens is 1. The standard InChI is InChI=1S/C15H25N3O.HI/c1-5-6-11-17-15(16-2)18(3)12-13-9-7-8-10-14(13)19-4;/h7-10H,5-6,11-12H2,1-4H3,(H,16,17);1H. The maximum atomic E-state index is 5.37. The van der Waals surface area contributed by atoms with Crippen molar-refractivity contribution in [1.29, 1.82) is 0 Å². The van der Waals surface area contributed by atoms with Crippen LogP contribution in [0.4, 0.5) is 0 Å². The number of methoxy groups -OCH3 is 1. The number of nitrogens with zero attached hydrogens (tertiary/aromatic N) is 2. The second-order valence-electron chi connectivity index (χ2n) is 4.50. The number of hydrogen-bond donors (Lipinski definition) is 1. The molecule has 1 N–H and O–H groups in total. The third-order valence-corrected chi connectivity index (χ3v) is 2.99. The summed E-state index contributed by atoms with van der Waals surface area (Å²) in [5.41, 5.74) is 1.16. The van der Waals surface area contributed by atoms with Crippen LogP contribution >= 0.6 is 24.0 Å². The third-order valence-electron chi connectivity index (χ3n) is 2.99. The van der Waals surface area contributed by atoms with Crippen molar-refractivity contribution >= 4 is 29.9 Å². The summed E-state index contributed by atoms with van der Waals surface area (Å²) in [6, 6.07) is 8.07. The van der Waals surface area contributed by atoms with Crippen LogP contribution in [-0.4, -0.2) is 38.6 Å². The number of aliphatic imine (C=N–C) groups is 1. The lowest BCUT2D eigenvalue weighted by Crippen LogP contribution is -2.38. The van der Waals surface area contributed by atoms with Crippen LogP contribution in [0.2, 0.25) is 0 Å². The summed E-state index contributed by atoms with van der Waals surface area (Å²) >= 11 is 0. The molecule has 1 aromatic carbocycles. The van der Waals surface area contributed by atoms with Gasteiger partial charge in [-0.2, -0.15) is 0 Å². The monoisotopic (exact) mass is 391 g/mol. The van der Waals surface area contributed by atoms with E-state index in [1.54, 1.807) is 7.11 Å². The van der Waals surface area contributed by atoms with E-state index in [1.165, 1.54) is 6.42 Å². The van der Waals surface area contributed by atoms with Gasteiger partial charge in [-0.3, -0.25) is 4.99 Å². The van der Waals surface area contributed by atoms with E-state index < -0.39 is 0 Å². The molecule has 0 spiro atoms. The average molecular weight is 391 g/mol. The van der Waals surface area contributed by atoms with E-state index in [-0.39, 0.29) is 24.0 Å². The summed E-state index contributed by atoms with van der Waals surface area (Å²) in [5.74, 6) is 1.83. The van der Waals surface area contributed by atoms with E-state index in [0.717, 1.165) is 36.8 Å². The molecule has 0 aliphatic carbocycles. The van der Waals surface area contributed by atoms with Crippen LogP contribution < -0.4 is 10.1 Å². The molecule has 0 atom stereocenters. The van der Waals surface area contributed by atoms with Crippen molar-refractivity contribution in [3.63, 3.8) is 0 Å². The first-order valence-electron chi connectivity index (χ1n) is 6.76. The van der Waals surface area contributed by atoms with Crippen LogP contribution in [0.3, 0.4) is 0 Å². The van der Waals surface area contributed by atoms with E-state index in [0.29, 0.717) is 0 Å². The van der Waals surface area contributed by atoms with Gasteiger partial charge in [-0.05, 0) is 12.5 Å². The minimum atomic E-state index is 0. The van der Waals surface area contributed by atoms with E-state index in [9.17, 15) is 0 Å². The molecule has 0 saturated carbocycles. The molecule has 4 nitrogen and oxygen atoms in total. The highest BCUT2D eigenvalue weighted by Gasteiger charge is 2.09. The van der Waals surface area contributed by atoms with Crippen molar-refractivity contribution in [1.82, 2.24) is 10.2 Å². The molecule has 114 valence electrons. The van der Waals surface area contributed by atoms with Crippen LogP contribution in [0, 0.1) is 0 Å². The highest BCUT2D eigenvalue weighted by Crippen LogP contribution is 2.18.